The molecule has 1 N–H and O–H groups in total. The molecule has 6 heteroatoms. The highest BCUT2D eigenvalue weighted by Crippen LogP contribution is 2.39. The number of hydrogen-bond donors (Lipinski definition) is 1. The zero-order chi connectivity index (χ0) is 20.3. The minimum Gasteiger partial charge on any atom is -0.494 e. The van der Waals surface area contributed by atoms with Crippen LogP contribution in [0.3, 0.4) is 0 Å². The van der Waals surface area contributed by atoms with Gasteiger partial charge in [-0.3, -0.25) is 0 Å². The second-order valence-corrected chi connectivity index (χ2v) is 9.83. The molecule has 0 saturated heterocycles. The molecular formula is C22H28O5S. The summed E-state index contributed by atoms with van der Waals surface area (Å²) in [5, 5.41) is 9.55. The van der Waals surface area contributed by atoms with Crippen molar-refractivity contribution in [2.75, 3.05) is 18.6 Å². The van der Waals surface area contributed by atoms with Crippen molar-refractivity contribution in [1.82, 2.24) is 0 Å². The van der Waals surface area contributed by atoms with Gasteiger partial charge in [0.05, 0.1) is 25.1 Å². The minimum absolute atomic E-state index is 0.0175. The Morgan fingerprint density at radius 1 is 1.11 bits per heavy atom. The molecule has 0 spiro atoms. The van der Waals surface area contributed by atoms with E-state index in [4.69, 9.17) is 9.47 Å². The van der Waals surface area contributed by atoms with E-state index in [2.05, 4.69) is 0 Å². The molecule has 5 nitrogen and oxygen atoms in total. The van der Waals surface area contributed by atoms with Crippen LogP contribution in [-0.4, -0.2) is 38.2 Å². The molecule has 2 aromatic carbocycles. The first kappa shape index (κ1) is 20.7. The van der Waals surface area contributed by atoms with Crippen molar-refractivity contribution < 1.29 is 23.0 Å². The predicted octanol–water partition coefficient (Wildman–Crippen LogP) is 3.82. The van der Waals surface area contributed by atoms with Gasteiger partial charge in [0.1, 0.15) is 21.3 Å². The second-order valence-electron chi connectivity index (χ2n) is 7.57. The van der Waals surface area contributed by atoms with Crippen LogP contribution in [0.5, 0.6) is 11.5 Å². The van der Waals surface area contributed by atoms with E-state index < -0.39 is 9.84 Å². The van der Waals surface area contributed by atoms with Crippen LogP contribution in [0.1, 0.15) is 36.0 Å². The number of aryl methyl sites for hydroxylation is 2. The van der Waals surface area contributed by atoms with Gasteiger partial charge in [-0.05, 0) is 79.6 Å². The molecule has 0 atom stereocenters. The van der Waals surface area contributed by atoms with E-state index in [1.165, 1.54) is 6.26 Å². The first-order valence-electron chi connectivity index (χ1n) is 9.59. The molecule has 0 bridgehead atoms. The summed E-state index contributed by atoms with van der Waals surface area (Å²) in [7, 11) is -2.97. The Labute approximate surface area is 167 Å². The topological polar surface area (TPSA) is 72.8 Å². The fraction of sp³-hybridized carbons (Fsp3) is 0.455. The number of benzene rings is 2. The van der Waals surface area contributed by atoms with Gasteiger partial charge in [0.25, 0.3) is 0 Å². The SMILES string of the molecule is Cc1cc(OCCCS(C)(=O)=O)cc(C)c1-c1cc(CO)ccc1OC1CC1. The molecule has 152 valence electrons. The number of aliphatic hydroxyl groups is 1. The maximum atomic E-state index is 11.2. The Balaban J connectivity index is 1.84. The summed E-state index contributed by atoms with van der Waals surface area (Å²) < 4.78 is 34.3. The van der Waals surface area contributed by atoms with Crippen LogP contribution < -0.4 is 9.47 Å². The van der Waals surface area contributed by atoms with Crippen molar-refractivity contribution in [3.8, 4) is 22.6 Å². The lowest BCUT2D eigenvalue weighted by Gasteiger charge is -2.18. The summed E-state index contributed by atoms with van der Waals surface area (Å²) in [4.78, 5) is 0. The van der Waals surface area contributed by atoms with Crippen molar-refractivity contribution in [2.45, 2.75) is 45.8 Å². The van der Waals surface area contributed by atoms with Crippen LogP contribution in [0, 0.1) is 13.8 Å². The molecule has 1 aliphatic rings. The molecule has 1 saturated carbocycles. The fourth-order valence-corrected chi connectivity index (χ4v) is 3.92. The molecule has 1 aliphatic carbocycles. The summed E-state index contributed by atoms with van der Waals surface area (Å²) in [6.07, 6.45) is 4.16. The van der Waals surface area contributed by atoms with Crippen molar-refractivity contribution in [3.05, 3.63) is 47.0 Å². The van der Waals surface area contributed by atoms with Gasteiger partial charge in [-0.2, -0.15) is 0 Å². The number of aliphatic hydroxyl groups excluding tert-OH is 1. The van der Waals surface area contributed by atoms with Gasteiger partial charge < -0.3 is 14.6 Å². The monoisotopic (exact) mass is 404 g/mol. The summed E-state index contributed by atoms with van der Waals surface area (Å²) in [6.45, 7) is 4.40. The molecule has 0 amide bonds. The predicted molar refractivity (Wildman–Crippen MR) is 111 cm³/mol. The molecule has 0 aromatic heterocycles. The smallest absolute Gasteiger partial charge is 0.147 e. The Morgan fingerprint density at radius 3 is 2.36 bits per heavy atom. The van der Waals surface area contributed by atoms with Crippen LogP contribution in [0.15, 0.2) is 30.3 Å². The Morgan fingerprint density at radius 2 is 1.79 bits per heavy atom. The maximum absolute atomic E-state index is 11.2. The Kier molecular flexibility index (Phi) is 6.30. The van der Waals surface area contributed by atoms with Crippen LogP contribution in [0.4, 0.5) is 0 Å². The highest BCUT2D eigenvalue weighted by Gasteiger charge is 2.25. The van der Waals surface area contributed by atoms with Crippen molar-refractivity contribution in [2.24, 2.45) is 0 Å². The van der Waals surface area contributed by atoms with Gasteiger partial charge in [0, 0.05) is 11.8 Å². The second kappa shape index (κ2) is 8.53. The van der Waals surface area contributed by atoms with Gasteiger partial charge in [0.15, 0.2) is 0 Å². The number of ether oxygens (including phenoxy) is 2. The number of sulfone groups is 1. The lowest BCUT2D eigenvalue weighted by Crippen LogP contribution is -2.08. The zero-order valence-electron chi connectivity index (χ0n) is 16.7. The van der Waals surface area contributed by atoms with E-state index in [1.807, 2.05) is 44.2 Å². The first-order valence-corrected chi connectivity index (χ1v) is 11.7. The molecule has 1 fully saturated rings. The lowest BCUT2D eigenvalue weighted by molar-refractivity contribution is 0.281. The van der Waals surface area contributed by atoms with Crippen LogP contribution >= 0.6 is 0 Å². The lowest BCUT2D eigenvalue weighted by atomic mass is 9.93. The third kappa shape index (κ3) is 5.49. The number of rotatable bonds is 9. The Hall–Kier alpha value is -2.05. The largest absolute Gasteiger partial charge is 0.494 e. The average molecular weight is 405 g/mol. The van der Waals surface area contributed by atoms with Gasteiger partial charge in [-0.1, -0.05) is 6.07 Å². The first-order chi connectivity index (χ1) is 13.3. The molecule has 0 unspecified atom stereocenters. The summed E-state index contributed by atoms with van der Waals surface area (Å²) in [5.41, 5.74) is 5.01. The highest BCUT2D eigenvalue weighted by molar-refractivity contribution is 7.90. The van der Waals surface area contributed by atoms with Crippen LogP contribution in [0.25, 0.3) is 11.1 Å². The Bertz CT molecular complexity index is 922. The van der Waals surface area contributed by atoms with E-state index >= 15 is 0 Å². The van der Waals surface area contributed by atoms with E-state index in [0.29, 0.717) is 13.0 Å². The van der Waals surface area contributed by atoms with E-state index in [0.717, 1.165) is 52.2 Å². The van der Waals surface area contributed by atoms with Crippen molar-refractivity contribution in [3.63, 3.8) is 0 Å². The van der Waals surface area contributed by atoms with Crippen molar-refractivity contribution in [1.29, 1.82) is 0 Å². The summed E-state index contributed by atoms with van der Waals surface area (Å²) in [6, 6.07) is 9.75. The van der Waals surface area contributed by atoms with Crippen LogP contribution in [-0.2, 0) is 16.4 Å². The third-order valence-electron chi connectivity index (χ3n) is 4.75. The fourth-order valence-electron chi connectivity index (χ4n) is 3.28. The van der Waals surface area contributed by atoms with Crippen LogP contribution in [0.2, 0.25) is 0 Å². The zero-order valence-corrected chi connectivity index (χ0v) is 17.5. The van der Waals surface area contributed by atoms with Gasteiger partial charge in [-0.15, -0.1) is 0 Å². The van der Waals surface area contributed by atoms with Crippen molar-refractivity contribution >= 4 is 9.84 Å². The van der Waals surface area contributed by atoms with Gasteiger partial charge >= 0.3 is 0 Å². The quantitative estimate of drug-likeness (QED) is 0.643. The van der Waals surface area contributed by atoms with Gasteiger partial charge in [-0.25, -0.2) is 8.42 Å². The molecule has 0 radical (unpaired) electrons. The molecule has 28 heavy (non-hydrogen) atoms. The normalized spacial score (nSPS) is 14.1. The molecule has 2 aromatic rings. The number of hydrogen-bond acceptors (Lipinski definition) is 5. The maximum Gasteiger partial charge on any atom is 0.147 e. The average Bonchev–Trinajstić information content (AvgIpc) is 3.43. The minimum atomic E-state index is -2.97. The molecule has 0 aliphatic heterocycles. The van der Waals surface area contributed by atoms with E-state index in [-0.39, 0.29) is 18.5 Å². The van der Waals surface area contributed by atoms with E-state index in [9.17, 15) is 13.5 Å². The van der Waals surface area contributed by atoms with E-state index in [1.54, 1.807) is 0 Å². The highest BCUT2D eigenvalue weighted by atomic mass is 32.2. The summed E-state index contributed by atoms with van der Waals surface area (Å²) in [5.74, 6) is 1.70. The van der Waals surface area contributed by atoms with Gasteiger partial charge in [0.2, 0.25) is 0 Å². The molecule has 0 heterocycles. The third-order valence-corrected chi connectivity index (χ3v) is 5.78. The standard InChI is InChI=1S/C22H28O5S/c1-15-11-19(26-9-4-10-28(3,24)25)12-16(2)22(15)20-13-17(14-23)5-8-21(20)27-18-6-7-18/h5,8,11-13,18,23H,4,6-7,9-10,14H2,1-3H3. The molecule has 3 rings (SSSR count). The molecular weight excluding hydrogens is 376 g/mol. The summed E-state index contributed by atoms with van der Waals surface area (Å²) >= 11 is 0.